The monoisotopic (exact) mass is 318 g/mol. The first kappa shape index (κ1) is 14.6. The second-order valence-electron chi connectivity index (χ2n) is 3.60. The van der Waals surface area contributed by atoms with Crippen LogP contribution in [0.3, 0.4) is 0 Å². The predicted molar refractivity (Wildman–Crippen MR) is 69.5 cm³/mol. The standard InChI is InChI=1S/C13H6Cl2F2O3/c14-9-5-7(16)1-3-11(9)19-13(18)20-12-4-2-8(17)6-10(12)15/h1-6H. The number of carbonyl (C=O) groups excluding carboxylic acids is 1. The molecule has 0 bridgehead atoms. The maximum atomic E-state index is 12.8. The lowest BCUT2D eigenvalue weighted by Crippen LogP contribution is -2.14. The number of rotatable bonds is 2. The quantitative estimate of drug-likeness (QED) is 0.586. The fourth-order valence-corrected chi connectivity index (χ4v) is 1.73. The summed E-state index contributed by atoms with van der Waals surface area (Å²) < 4.78 is 35.2. The topological polar surface area (TPSA) is 35.5 Å². The van der Waals surface area contributed by atoms with Crippen LogP contribution in [-0.2, 0) is 0 Å². The van der Waals surface area contributed by atoms with Crippen LogP contribution in [0, 0.1) is 11.6 Å². The van der Waals surface area contributed by atoms with Crippen molar-refractivity contribution in [1.29, 1.82) is 0 Å². The third kappa shape index (κ3) is 3.59. The fourth-order valence-electron chi connectivity index (χ4n) is 1.32. The van der Waals surface area contributed by atoms with Crippen LogP contribution < -0.4 is 9.47 Å². The van der Waals surface area contributed by atoms with E-state index in [-0.39, 0.29) is 21.5 Å². The van der Waals surface area contributed by atoms with Gasteiger partial charge in [-0.15, -0.1) is 0 Å². The Bertz CT molecular complexity index is 607. The Morgan fingerprint density at radius 1 is 0.850 bits per heavy atom. The van der Waals surface area contributed by atoms with Gasteiger partial charge in [0.2, 0.25) is 0 Å². The largest absolute Gasteiger partial charge is 0.519 e. The molecule has 0 aliphatic heterocycles. The van der Waals surface area contributed by atoms with E-state index in [1.807, 2.05) is 0 Å². The molecule has 104 valence electrons. The van der Waals surface area contributed by atoms with Gasteiger partial charge in [0.25, 0.3) is 0 Å². The highest BCUT2D eigenvalue weighted by Crippen LogP contribution is 2.28. The number of hydrogen-bond acceptors (Lipinski definition) is 3. The summed E-state index contributed by atoms with van der Waals surface area (Å²) in [7, 11) is 0. The smallest absolute Gasteiger partial charge is 0.393 e. The highest BCUT2D eigenvalue weighted by atomic mass is 35.5. The highest BCUT2D eigenvalue weighted by Gasteiger charge is 2.13. The zero-order chi connectivity index (χ0) is 14.7. The number of ether oxygens (including phenoxy) is 2. The second kappa shape index (κ2) is 6.07. The van der Waals surface area contributed by atoms with Crippen LogP contribution in [0.4, 0.5) is 13.6 Å². The summed E-state index contributed by atoms with van der Waals surface area (Å²) in [6.45, 7) is 0. The molecule has 3 nitrogen and oxygen atoms in total. The van der Waals surface area contributed by atoms with Crippen LogP contribution in [0.15, 0.2) is 36.4 Å². The van der Waals surface area contributed by atoms with Crippen LogP contribution >= 0.6 is 23.2 Å². The molecule has 0 unspecified atom stereocenters. The van der Waals surface area contributed by atoms with Gasteiger partial charge in [0, 0.05) is 0 Å². The fraction of sp³-hybridized carbons (Fsp3) is 0. The van der Waals surface area contributed by atoms with E-state index in [2.05, 4.69) is 0 Å². The molecule has 0 radical (unpaired) electrons. The highest BCUT2D eigenvalue weighted by molar-refractivity contribution is 6.32. The van der Waals surface area contributed by atoms with Crippen molar-refractivity contribution in [1.82, 2.24) is 0 Å². The van der Waals surface area contributed by atoms with Gasteiger partial charge in [0.15, 0.2) is 11.5 Å². The molecule has 0 amide bonds. The molecular weight excluding hydrogens is 313 g/mol. The first-order valence-corrected chi connectivity index (χ1v) is 6.01. The first-order valence-electron chi connectivity index (χ1n) is 5.25. The molecule has 0 aromatic heterocycles. The number of benzene rings is 2. The third-order valence-electron chi connectivity index (χ3n) is 2.17. The third-order valence-corrected chi connectivity index (χ3v) is 2.77. The van der Waals surface area contributed by atoms with Gasteiger partial charge in [-0.2, -0.15) is 0 Å². The Hall–Kier alpha value is -1.85. The predicted octanol–water partition coefficient (Wildman–Crippen LogP) is 4.85. The normalized spacial score (nSPS) is 10.2. The molecule has 7 heteroatoms. The van der Waals surface area contributed by atoms with Crippen LogP contribution in [0.1, 0.15) is 0 Å². The van der Waals surface area contributed by atoms with Crippen molar-refractivity contribution < 1.29 is 23.0 Å². The van der Waals surface area contributed by atoms with E-state index in [0.29, 0.717) is 0 Å². The van der Waals surface area contributed by atoms with Crippen LogP contribution in [0.5, 0.6) is 11.5 Å². The van der Waals surface area contributed by atoms with Crippen LogP contribution in [0.2, 0.25) is 10.0 Å². The summed E-state index contributed by atoms with van der Waals surface area (Å²) in [5, 5.41) is -0.181. The summed E-state index contributed by atoms with van der Waals surface area (Å²) in [4.78, 5) is 11.5. The van der Waals surface area contributed by atoms with Crippen molar-refractivity contribution in [3.63, 3.8) is 0 Å². The molecule has 0 aliphatic carbocycles. The van der Waals surface area contributed by atoms with Gasteiger partial charge in [-0.05, 0) is 36.4 Å². The van der Waals surface area contributed by atoms with Gasteiger partial charge in [-0.3, -0.25) is 0 Å². The maximum absolute atomic E-state index is 12.8. The Kier molecular flexibility index (Phi) is 4.42. The van der Waals surface area contributed by atoms with Gasteiger partial charge >= 0.3 is 6.16 Å². The summed E-state index contributed by atoms with van der Waals surface area (Å²) in [6, 6.07) is 6.44. The van der Waals surface area contributed by atoms with Crippen molar-refractivity contribution in [3.05, 3.63) is 58.1 Å². The average Bonchev–Trinajstić information content (AvgIpc) is 2.36. The number of halogens is 4. The van der Waals surface area contributed by atoms with E-state index in [1.165, 1.54) is 12.1 Å². The van der Waals surface area contributed by atoms with E-state index in [9.17, 15) is 13.6 Å². The van der Waals surface area contributed by atoms with Crippen molar-refractivity contribution in [2.75, 3.05) is 0 Å². The van der Waals surface area contributed by atoms with Gasteiger partial charge in [-0.1, -0.05) is 23.2 Å². The van der Waals surface area contributed by atoms with Gasteiger partial charge in [0.05, 0.1) is 10.0 Å². The zero-order valence-corrected chi connectivity index (χ0v) is 11.2. The minimum atomic E-state index is -1.13. The van der Waals surface area contributed by atoms with E-state index in [0.717, 1.165) is 24.3 Å². The molecule has 0 saturated carbocycles. The molecule has 0 fully saturated rings. The SMILES string of the molecule is O=C(Oc1ccc(F)cc1Cl)Oc1ccc(F)cc1Cl. The lowest BCUT2D eigenvalue weighted by Gasteiger charge is -2.08. The summed E-state index contributed by atoms with van der Waals surface area (Å²) in [6.07, 6.45) is -1.13. The first-order chi connectivity index (χ1) is 9.45. The molecular formula is C13H6Cl2F2O3. The van der Waals surface area contributed by atoms with E-state index < -0.39 is 17.8 Å². The zero-order valence-electron chi connectivity index (χ0n) is 9.70. The van der Waals surface area contributed by atoms with E-state index in [4.69, 9.17) is 32.7 Å². The van der Waals surface area contributed by atoms with Crippen molar-refractivity contribution >= 4 is 29.4 Å². The van der Waals surface area contributed by atoms with Gasteiger partial charge in [0.1, 0.15) is 11.6 Å². The Balaban J connectivity index is 2.09. The van der Waals surface area contributed by atoms with E-state index in [1.54, 1.807) is 0 Å². The molecule has 0 N–H and O–H groups in total. The van der Waals surface area contributed by atoms with Crippen molar-refractivity contribution in [2.24, 2.45) is 0 Å². The molecule has 0 saturated heterocycles. The second-order valence-corrected chi connectivity index (χ2v) is 4.42. The number of hydrogen-bond donors (Lipinski definition) is 0. The molecule has 2 aromatic carbocycles. The average molecular weight is 319 g/mol. The molecule has 0 spiro atoms. The Labute approximate surface area is 122 Å². The van der Waals surface area contributed by atoms with Gasteiger partial charge < -0.3 is 9.47 Å². The number of carbonyl (C=O) groups is 1. The lowest BCUT2D eigenvalue weighted by molar-refractivity contribution is 0.152. The minimum absolute atomic E-state index is 0.0729. The Morgan fingerprint density at radius 2 is 1.25 bits per heavy atom. The van der Waals surface area contributed by atoms with Crippen LogP contribution in [0.25, 0.3) is 0 Å². The molecule has 0 atom stereocenters. The minimum Gasteiger partial charge on any atom is -0.393 e. The summed E-state index contributed by atoms with van der Waals surface area (Å²) >= 11 is 11.4. The van der Waals surface area contributed by atoms with Crippen molar-refractivity contribution in [3.8, 4) is 11.5 Å². The molecule has 2 aromatic rings. The lowest BCUT2D eigenvalue weighted by atomic mass is 10.3. The molecule has 2 rings (SSSR count). The van der Waals surface area contributed by atoms with Crippen molar-refractivity contribution in [2.45, 2.75) is 0 Å². The van der Waals surface area contributed by atoms with E-state index >= 15 is 0 Å². The molecule has 0 aliphatic rings. The molecule has 0 heterocycles. The Morgan fingerprint density at radius 3 is 1.60 bits per heavy atom. The summed E-state index contributed by atoms with van der Waals surface area (Å²) in [5.41, 5.74) is 0. The summed E-state index contributed by atoms with van der Waals surface area (Å²) in [5.74, 6) is -1.29. The van der Waals surface area contributed by atoms with Gasteiger partial charge in [-0.25, -0.2) is 13.6 Å². The van der Waals surface area contributed by atoms with Crippen LogP contribution in [-0.4, -0.2) is 6.16 Å². The molecule has 20 heavy (non-hydrogen) atoms. The maximum Gasteiger partial charge on any atom is 0.519 e.